The van der Waals surface area contributed by atoms with Gasteiger partial charge in [0.05, 0.1) is 5.69 Å². The lowest BCUT2D eigenvalue weighted by Crippen LogP contribution is -2.28. The number of aryl methyl sites for hydroxylation is 2. The molecule has 0 aromatic carbocycles. The van der Waals surface area contributed by atoms with Crippen molar-refractivity contribution in [3.05, 3.63) is 29.2 Å². The molecule has 4 atom stereocenters. The van der Waals surface area contributed by atoms with Crippen LogP contribution in [0, 0.1) is 31.6 Å². The maximum Gasteiger partial charge on any atom is 0.138 e. The second kappa shape index (κ2) is 4.54. The van der Waals surface area contributed by atoms with Crippen LogP contribution in [0.5, 0.6) is 0 Å². The summed E-state index contributed by atoms with van der Waals surface area (Å²) in [6.07, 6.45) is 7.56. The van der Waals surface area contributed by atoms with E-state index in [1.807, 2.05) is 13.8 Å². The average molecular weight is 246 g/mol. The first-order valence-corrected chi connectivity index (χ1v) is 6.99. The van der Waals surface area contributed by atoms with Crippen LogP contribution in [-0.2, 0) is 0 Å². The van der Waals surface area contributed by atoms with Crippen LogP contribution < -0.4 is 5.32 Å². The minimum absolute atomic E-state index is 0.333. The molecule has 2 bridgehead atoms. The van der Waals surface area contributed by atoms with Crippen molar-refractivity contribution in [2.75, 3.05) is 6.54 Å². The van der Waals surface area contributed by atoms with Crippen molar-refractivity contribution in [2.24, 2.45) is 17.8 Å². The maximum atomic E-state index is 5.24. The summed E-state index contributed by atoms with van der Waals surface area (Å²) in [5.41, 5.74) is 2.24. The highest BCUT2D eigenvalue weighted by Crippen LogP contribution is 2.43. The maximum absolute atomic E-state index is 5.24. The fraction of sp³-hybridized carbons (Fsp3) is 0.667. The van der Waals surface area contributed by atoms with Gasteiger partial charge in [-0.15, -0.1) is 0 Å². The number of rotatable bonds is 4. The summed E-state index contributed by atoms with van der Waals surface area (Å²) >= 11 is 0. The second-order valence-corrected chi connectivity index (χ2v) is 5.91. The van der Waals surface area contributed by atoms with Crippen molar-refractivity contribution in [1.82, 2.24) is 10.5 Å². The van der Waals surface area contributed by atoms with E-state index >= 15 is 0 Å². The lowest BCUT2D eigenvalue weighted by molar-refractivity contribution is 0.381. The summed E-state index contributed by atoms with van der Waals surface area (Å²) in [6, 6.07) is 0.333. The van der Waals surface area contributed by atoms with Gasteiger partial charge in [-0.25, -0.2) is 0 Å². The van der Waals surface area contributed by atoms with Gasteiger partial charge >= 0.3 is 0 Å². The summed E-state index contributed by atoms with van der Waals surface area (Å²) in [4.78, 5) is 0. The van der Waals surface area contributed by atoms with Crippen molar-refractivity contribution in [3.63, 3.8) is 0 Å². The number of aromatic nitrogens is 1. The monoisotopic (exact) mass is 246 g/mol. The Morgan fingerprint density at radius 1 is 1.39 bits per heavy atom. The third-order valence-electron chi connectivity index (χ3n) is 4.62. The van der Waals surface area contributed by atoms with Crippen molar-refractivity contribution in [3.8, 4) is 0 Å². The van der Waals surface area contributed by atoms with Crippen LogP contribution in [0.2, 0.25) is 0 Å². The molecular formula is C15H22N2O. The lowest BCUT2D eigenvalue weighted by atomic mass is 9.93. The Morgan fingerprint density at radius 3 is 2.78 bits per heavy atom. The van der Waals surface area contributed by atoms with Crippen LogP contribution in [0.3, 0.4) is 0 Å². The van der Waals surface area contributed by atoms with E-state index in [2.05, 4.69) is 29.5 Å². The lowest BCUT2D eigenvalue weighted by Gasteiger charge is -2.21. The van der Waals surface area contributed by atoms with E-state index in [4.69, 9.17) is 4.52 Å². The Morgan fingerprint density at radius 2 is 2.22 bits per heavy atom. The zero-order valence-electron chi connectivity index (χ0n) is 11.4. The van der Waals surface area contributed by atoms with Crippen LogP contribution in [0.15, 0.2) is 16.7 Å². The molecule has 0 aliphatic heterocycles. The van der Waals surface area contributed by atoms with Gasteiger partial charge in [-0.2, -0.15) is 0 Å². The molecule has 1 aromatic heterocycles. The van der Waals surface area contributed by atoms with E-state index in [0.29, 0.717) is 6.04 Å². The molecule has 1 N–H and O–H groups in total. The Hall–Kier alpha value is -1.09. The van der Waals surface area contributed by atoms with E-state index in [1.54, 1.807) is 0 Å². The van der Waals surface area contributed by atoms with E-state index in [-0.39, 0.29) is 0 Å². The highest BCUT2D eigenvalue weighted by atomic mass is 16.5. The van der Waals surface area contributed by atoms with E-state index in [1.165, 1.54) is 18.4 Å². The van der Waals surface area contributed by atoms with E-state index in [0.717, 1.165) is 35.8 Å². The molecule has 3 rings (SSSR count). The molecule has 98 valence electrons. The highest BCUT2D eigenvalue weighted by Gasteiger charge is 2.35. The minimum atomic E-state index is 0.333. The molecular weight excluding hydrogens is 224 g/mol. The molecule has 2 aliphatic rings. The normalized spacial score (nSPS) is 31.2. The zero-order valence-corrected chi connectivity index (χ0v) is 11.4. The van der Waals surface area contributed by atoms with Crippen LogP contribution >= 0.6 is 0 Å². The van der Waals surface area contributed by atoms with E-state index < -0.39 is 0 Å². The molecule has 1 saturated carbocycles. The molecule has 0 radical (unpaired) electrons. The van der Waals surface area contributed by atoms with Crippen LogP contribution in [0.25, 0.3) is 0 Å². The van der Waals surface area contributed by atoms with Gasteiger partial charge in [-0.3, -0.25) is 0 Å². The first-order valence-electron chi connectivity index (χ1n) is 6.99. The third kappa shape index (κ3) is 2.01. The number of nitrogens with one attached hydrogen (secondary N) is 1. The minimum Gasteiger partial charge on any atom is -0.361 e. The molecule has 4 unspecified atom stereocenters. The number of hydrogen-bond donors (Lipinski definition) is 1. The molecule has 1 heterocycles. The van der Waals surface area contributed by atoms with Crippen LogP contribution in [0.4, 0.5) is 0 Å². The predicted octanol–water partition coefficient (Wildman–Crippen LogP) is 3.15. The average Bonchev–Trinajstić information content (AvgIpc) is 3.02. The van der Waals surface area contributed by atoms with Crippen molar-refractivity contribution >= 4 is 0 Å². The second-order valence-electron chi connectivity index (χ2n) is 5.91. The summed E-state index contributed by atoms with van der Waals surface area (Å²) in [5, 5.41) is 7.69. The van der Waals surface area contributed by atoms with E-state index in [9.17, 15) is 0 Å². The molecule has 1 fully saturated rings. The van der Waals surface area contributed by atoms with Gasteiger partial charge in [0.25, 0.3) is 0 Å². The van der Waals surface area contributed by atoms with Gasteiger partial charge in [0.15, 0.2) is 0 Å². The number of allylic oxidation sites excluding steroid dienone is 2. The van der Waals surface area contributed by atoms with Crippen LogP contribution in [0.1, 0.15) is 42.8 Å². The summed E-state index contributed by atoms with van der Waals surface area (Å²) in [5.74, 6) is 3.44. The standard InChI is InChI=1S/C15H22N2O/c1-9(15-10(2)17-18-11(15)3)16-8-14-7-12-4-5-13(14)6-12/h4-5,9,12-14,16H,6-8H2,1-3H3. The van der Waals surface area contributed by atoms with Gasteiger partial charge in [0.1, 0.15) is 5.76 Å². The molecule has 3 nitrogen and oxygen atoms in total. The first-order chi connectivity index (χ1) is 8.65. The first kappa shape index (κ1) is 12.0. The van der Waals surface area contributed by atoms with Gasteiger partial charge in [0, 0.05) is 11.6 Å². The summed E-state index contributed by atoms with van der Waals surface area (Å²) in [6.45, 7) is 7.32. The summed E-state index contributed by atoms with van der Waals surface area (Å²) < 4.78 is 5.24. The number of nitrogens with zero attached hydrogens (tertiary/aromatic N) is 1. The Bertz CT molecular complexity index is 444. The Balaban J connectivity index is 1.59. The zero-order chi connectivity index (χ0) is 12.7. The molecule has 0 amide bonds. The molecule has 18 heavy (non-hydrogen) atoms. The molecule has 2 aliphatic carbocycles. The molecule has 1 aromatic rings. The number of fused-ring (bicyclic) bond motifs is 2. The quantitative estimate of drug-likeness (QED) is 0.829. The van der Waals surface area contributed by atoms with Gasteiger partial charge in [-0.1, -0.05) is 17.3 Å². The topological polar surface area (TPSA) is 38.1 Å². The Kier molecular flexibility index (Phi) is 3.02. The van der Waals surface area contributed by atoms with Crippen molar-refractivity contribution in [1.29, 1.82) is 0 Å². The number of hydrogen-bond acceptors (Lipinski definition) is 3. The van der Waals surface area contributed by atoms with Gasteiger partial charge < -0.3 is 9.84 Å². The highest BCUT2D eigenvalue weighted by molar-refractivity contribution is 5.24. The largest absolute Gasteiger partial charge is 0.361 e. The molecule has 0 saturated heterocycles. The van der Waals surface area contributed by atoms with Crippen LogP contribution in [-0.4, -0.2) is 11.7 Å². The predicted molar refractivity (Wildman–Crippen MR) is 71.2 cm³/mol. The molecule has 0 spiro atoms. The third-order valence-corrected chi connectivity index (χ3v) is 4.62. The van der Waals surface area contributed by atoms with Gasteiger partial charge in [-0.05, 0) is 57.9 Å². The smallest absolute Gasteiger partial charge is 0.138 e. The summed E-state index contributed by atoms with van der Waals surface area (Å²) in [7, 11) is 0. The fourth-order valence-corrected chi connectivity index (χ4v) is 3.67. The SMILES string of the molecule is Cc1noc(C)c1C(C)NCC1CC2C=CC1C2. The Labute approximate surface area is 109 Å². The van der Waals surface area contributed by atoms with Gasteiger partial charge in [0.2, 0.25) is 0 Å². The fourth-order valence-electron chi connectivity index (χ4n) is 3.67. The van der Waals surface area contributed by atoms with Crippen molar-refractivity contribution < 1.29 is 4.52 Å². The molecule has 3 heteroatoms. The van der Waals surface area contributed by atoms with Crippen molar-refractivity contribution in [2.45, 2.75) is 39.7 Å².